The number of benzene rings is 2. The Labute approximate surface area is 150 Å². The molecule has 0 aromatic heterocycles. The van der Waals surface area contributed by atoms with E-state index >= 15 is 0 Å². The summed E-state index contributed by atoms with van der Waals surface area (Å²) in [5.74, 6) is 0.553. The Morgan fingerprint density at radius 1 is 0.958 bits per heavy atom. The highest BCUT2D eigenvalue weighted by molar-refractivity contribution is 7.89. The number of nitrogens with two attached hydrogens (primary N) is 1. The number of halogens is 1. The van der Waals surface area contributed by atoms with Crippen molar-refractivity contribution in [3.63, 3.8) is 0 Å². The van der Waals surface area contributed by atoms with Crippen LogP contribution in [0.15, 0.2) is 53.4 Å². The number of hydrogen-bond acceptors (Lipinski definition) is 3. The molecule has 0 saturated carbocycles. The first-order valence-corrected chi connectivity index (χ1v) is 9.32. The van der Waals surface area contributed by atoms with Crippen LogP contribution in [-0.4, -0.2) is 15.0 Å². The Morgan fingerprint density at radius 3 is 2.00 bits per heavy atom. The van der Waals surface area contributed by atoms with Crippen molar-refractivity contribution in [2.75, 3.05) is 6.54 Å². The predicted molar refractivity (Wildman–Crippen MR) is 93.8 cm³/mol. The Kier molecular flexibility index (Phi) is 7.90. The molecule has 0 saturated heterocycles. The van der Waals surface area contributed by atoms with Gasteiger partial charge >= 0.3 is 0 Å². The van der Waals surface area contributed by atoms with Gasteiger partial charge in [-0.3, -0.25) is 0 Å². The molecule has 0 atom stereocenters. The predicted octanol–water partition coefficient (Wildman–Crippen LogP) is -0.206. The molecule has 0 amide bonds. The molecule has 0 aliphatic rings. The van der Waals surface area contributed by atoms with Gasteiger partial charge in [-0.1, -0.05) is 50.2 Å². The van der Waals surface area contributed by atoms with Gasteiger partial charge in [-0.2, -0.15) is 0 Å². The third-order valence-corrected chi connectivity index (χ3v) is 4.75. The minimum atomic E-state index is -3.61. The summed E-state index contributed by atoms with van der Waals surface area (Å²) in [6, 6.07) is 15.4. The second-order valence-electron chi connectivity index (χ2n) is 6.01. The van der Waals surface area contributed by atoms with Crippen molar-refractivity contribution in [1.29, 1.82) is 0 Å². The maximum atomic E-state index is 11.2. The smallest absolute Gasteiger partial charge is 0.238 e. The highest BCUT2D eigenvalue weighted by Gasteiger charge is 2.06. The van der Waals surface area contributed by atoms with Crippen LogP contribution in [0, 0.1) is 0 Å². The fourth-order valence-corrected chi connectivity index (χ4v) is 2.85. The van der Waals surface area contributed by atoms with Crippen molar-refractivity contribution in [3.8, 4) is 0 Å². The third-order valence-electron chi connectivity index (χ3n) is 3.82. The monoisotopic (exact) mass is 367 g/mol. The molecule has 24 heavy (non-hydrogen) atoms. The maximum Gasteiger partial charge on any atom is 0.238 e. The normalized spacial score (nSPS) is 11.3. The lowest BCUT2D eigenvalue weighted by Crippen LogP contribution is -3.00. The standard InChI is InChI=1S/C18H24N2O2S.ClH/c1-14(2)17-7-3-16(4-8-17)13-20-12-11-15-5-9-18(10-6-15)23(19,21)22;/h3-10,14,20H,11-13H2,1-2H3,(H2,19,21,22);1H/p-1. The van der Waals surface area contributed by atoms with E-state index in [1.54, 1.807) is 24.3 Å². The lowest BCUT2D eigenvalue weighted by molar-refractivity contribution is -0.00000751. The van der Waals surface area contributed by atoms with Crippen LogP contribution in [0.5, 0.6) is 0 Å². The molecule has 0 heterocycles. The molecule has 4 nitrogen and oxygen atoms in total. The number of rotatable bonds is 7. The summed E-state index contributed by atoms with van der Waals surface area (Å²) in [5.41, 5.74) is 3.70. The summed E-state index contributed by atoms with van der Waals surface area (Å²) < 4.78 is 22.4. The molecule has 2 aromatic rings. The Hall–Kier alpha value is -1.40. The Balaban J connectivity index is 0.00000288. The van der Waals surface area contributed by atoms with E-state index in [2.05, 4.69) is 43.4 Å². The van der Waals surface area contributed by atoms with Gasteiger partial charge in [-0.15, -0.1) is 0 Å². The minimum absolute atomic E-state index is 0. The first-order valence-electron chi connectivity index (χ1n) is 7.77. The van der Waals surface area contributed by atoms with Gasteiger partial charge in [-0.05, 0) is 47.7 Å². The van der Waals surface area contributed by atoms with E-state index < -0.39 is 10.0 Å². The molecule has 3 N–H and O–H groups in total. The van der Waals surface area contributed by atoms with Crippen molar-refractivity contribution in [1.82, 2.24) is 5.32 Å². The lowest BCUT2D eigenvalue weighted by Gasteiger charge is -2.08. The van der Waals surface area contributed by atoms with Crippen LogP contribution in [0.3, 0.4) is 0 Å². The fraction of sp³-hybridized carbons (Fsp3) is 0.333. The van der Waals surface area contributed by atoms with E-state index in [-0.39, 0.29) is 17.3 Å². The fourth-order valence-electron chi connectivity index (χ4n) is 2.33. The Bertz CT molecular complexity index is 727. The van der Waals surface area contributed by atoms with Crippen LogP contribution < -0.4 is 22.9 Å². The molecule has 0 fully saturated rings. The summed E-state index contributed by atoms with van der Waals surface area (Å²) in [6.45, 7) is 6.04. The Morgan fingerprint density at radius 2 is 1.50 bits per heavy atom. The van der Waals surface area contributed by atoms with E-state index in [4.69, 9.17) is 5.14 Å². The van der Waals surface area contributed by atoms with Gasteiger partial charge in [0.25, 0.3) is 0 Å². The summed E-state index contributed by atoms with van der Waals surface area (Å²) in [5, 5.41) is 8.48. The average molecular weight is 368 g/mol. The summed E-state index contributed by atoms with van der Waals surface area (Å²) >= 11 is 0. The van der Waals surface area contributed by atoms with Crippen LogP contribution in [0.2, 0.25) is 0 Å². The van der Waals surface area contributed by atoms with Crippen molar-refractivity contribution < 1.29 is 20.8 Å². The van der Waals surface area contributed by atoms with Gasteiger partial charge in [0.2, 0.25) is 10.0 Å². The van der Waals surface area contributed by atoms with Gasteiger partial charge in [0.15, 0.2) is 0 Å². The summed E-state index contributed by atoms with van der Waals surface area (Å²) in [4.78, 5) is 0.152. The number of sulfonamides is 1. The second kappa shape index (κ2) is 9.18. The average Bonchev–Trinajstić information content (AvgIpc) is 2.51. The van der Waals surface area contributed by atoms with Gasteiger partial charge in [0.05, 0.1) is 4.90 Å². The van der Waals surface area contributed by atoms with Crippen LogP contribution in [-0.2, 0) is 23.0 Å². The molecule has 0 unspecified atom stereocenters. The van der Waals surface area contributed by atoms with Gasteiger partial charge in [0, 0.05) is 6.54 Å². The molecule has 2 rings (SSSR count). The van der Waals surface area contributed by atoms with Crippen molar-refractivity contribution in [3.05, 3.63) is 65.2 Å². The molecule has 132 valence electrons. The SMILES string of the molecule is CC(C)c1ccc(CNCCc2ccc(S(N)(=O)=O)cc2)cc1.[Cl-]. The van der Waals surface area contributed by atoms with Crippen molar-refractivity contribution in [2.45, 2.75) is 37.6 Å². The largest absolute Gasteiger partial charge is 1.00 e. The molecule has 0 aliphatic carbocycles. The first kappa shape index (κ1) is 20.6. The van der Waals surface area contributed by atoms with Crippen LogP contribution in [0.1, 0.15) is 36.5 Å². The second-order valence-corrected chi connectivity index (χ2v) is 7.57. The molecule has 0 bridgehead atoms. The zero-order valence-electron chi connectivity index (χ0n) is 14.0. The lowest BCUT2D eigenvalue weighted by atomic mass is 10.0. The van der Waals surface area contributed by atoms with Gasteiger partial charge in [-0.25, -0.2) is 13.6 Å². The molecule has 6 heteroatoms. The number of primary sulfonamides is 1. The highest BCUT2D eigenvalue weighted by atomic mass is 35.5. The summed E-state index contributed by atoms with van der Waals surface area (Å²) in [7, 11) is -3.61. The van der Waals surface area contributed by atoms with E-state index in [9.17, 15) is 8.42 Å². The highest BCUT2D eigenvalue weighted by Crippen LogP contribution is 2.14. The quantitative estimate of drug-likeness (QED) is 0.665. The summed E-state index contributed by atoms with van der Waals surface area (Å²) in [6.07, 6.45) is 0.842. The number of hydrogen-bond donors (Lipinski definition) is 2. The zero-order chi connectivity index (χ0) is 16.9. The molecular formula is C18H24ClN2O2S-. The molecule has 2 aromatic carbocycles. The molecule has 0 radical (unpaired) electrons. The van der Waals surface area contributed by atoms with Crippen LogP contribution >= 0.6 is 0 Å². The van der Waals surface area contributed by atoms with Crippen molar-refractivity contribution in [2.24, 2.45) is 5.14 Å². The molecular weight excluding hydrogens is 344 g/mol. The van der Waals surface area contributed by atoms with E-state index in [0.29, 0.717) is 5.92 Å². The van der Waals surface area contributed by atoms with Crippen LogP contribution in [0.4, 0.5) is 0 Å². The minimum Gasteiger partial charge on any atom is -1.00 e. The third kappa shape index (κ3) is 6.24. The maximum absolute atomic E-state index is 11.2. The van der Waals surface area contributed by atoms with E-state index in [1.807, 2.05) is 0 Å². The number of nitrogens with one attached hydrogen (secondary N) is 1. The van der Waals surface area contributed by atoms with Crippen LogP contribution in [0.25, 0.3) is 0 Å². The first-order chi connectivity index (χ1) is 10.9. The van der Waals surface area contributed by atoms with E-state index in [1.165, 1.54) is 11.1 Å². The van der Waals surface area contributed by atoms with Gasteiger partial charge in [0.1, 0.15) is 0 Å². The van der Waals surface area contributed by atoms with Gasteiger partial charge < -0.3 is 17.7 Å². The zero-order valence-corrected chi connectivity index (χ0v) is 15.6. The topological polar surface area (TPSA) is 72.2 Å². The molecule has 0 aliphatic heterocycles. The van der Waals surface area contributed by atoms with Crippen molar-refractivity contribution >= 4 is 10.0 Å². The molecule has 0 spiro atoms. The van der Waals surface area contributed by atoms with E-state index in [0.717, 1.165) is 25.1 Å².